The van der Waals surface area contributed by atoms with Crippen LogP contribution in [0.4, 0.5) is 0 Å². The molecule has 0 bridgehead atoms. The molecule has 0 spiro atoms. The number of carbonyl (C=O) groups is 1. The molecule has 1 fully saturated rings. The molecule has 1 aliphatic carbocycles. The first-order chi connectivity index (χ1) is 8.14. The highest BCUT2D eigenvalue weighted by atomic mass is 16.2. The Kier molecular flexibility index (Phi) is 3.79. The average Bonchev–Trinajstić information content (AvgIpc) is 3.08. The van der Waals surface area contributed by atoms with E-state index in [0.29, 0.717) is 12.5 Å². The lowest BCUT2D eigenvalue weighted by atomic mass is 9.93. The van der Waals surface area contributed by atoms with E-state index in [1.165, 1.54) is 32.1 Å². The van der Waals surface area contributed by atoms with Crippen molar-refractivity contribution in [2.24, 2.45) is 10.2 Å². The van der Waals surface area contributed by atoms with Crippen LogP contribution in [0.1, 0.15) is 58.8 Å². The lowest BCUT2D eigenvalue weighted by molar-refractivity contribution is -0.134. The summed E-state index contributed by atoms with van der Waals surface area (Å²) in [7, 11) is 0. The van der Waals surface area contributed by atoms with E-state index in [4.69, 9.17) is 0 Å². The molecule has 2 rings (SSSR count). The molecule has 0 atom stereocenters. The molecule has 17 heavy (non-hydrogen) atoms. The van der Waals surface area contributed by atoms with Gasteiger partial charge in [-0.25, -0.2) is 0 Å². The Bertz CT molecular complexity index is 302. The van der Waals surface area contributed by atoms with Crippen molar-refractivity contribution >= 4 is 5.91 Å². The zero-order chi connectivity index (χ0) is 12.3. The van der Waals surface area contributed by atoms with Crippen molar-refractivity contribution in [2.45, 2.75) is 70.5 Å². The van der Waals surface area contributed by atoms with Gasteiger partial charge in [-0.1, -0.05) is 19.3 Å². The minimum absolute atomic E-state index is 0.234. The van der Waals surface area contributed by atoms with E-state index >= 15 is 0 Å². The highest BCUT2D eigenvalue weighted by Crippen LogP contribution is 2.32. The lowest BCUT2D eigenvalue weighted by Gasteiger charge is -2.33. The van der Waals surface area contributed by atoms with Crippen LogP contribution in [0.3, 0.4) is 0 Å². The van der Waals surface area contributed by atoms with Gasteiger partial charge >= 0.3 is 0 Å². The molecular formula is C13H23N3O. The van der Waals surface area contributed by atoms with Crippen LogP contribution in [0.25, 0.3) is 0 Å². The maximum atomic E-state index is 12.2. The zero-order valence-corrected chi connectivity index (χ0v) is 11.0. The van der Waals surface area contributed by atoms with Crippen molar-refractivity contribution in [1.82, 2.24) is 4.90 Å². The molecular weight excluding hydrogens is 214 g/mol. The Morgan fingerprint density at radius 2 is 1.94 bits per heavy atom. The van der Waals surface area contributed by atoms with E-state index in [2.05, 4.69) is 22.1 Å². The first-order valence-corrected chi connectivity index (χ1v) is 6.88. The third-order valence-corrected chi connectivity index (χ3v) is 3.93. The van der Waals surface area contributed by atoms with E-state index in [1.54, 1.807) is 0 Å². The highest BCUT2D eigenvalue weighted by Gasteiger charge is 2.35. The monoisotopic (exact) mass is 237 g/mol. The summed E-state index contributed by atoms with van der Waals surface area (Å²) < 4.78 is 0. The summed E-state index contributed by atoms with van der Waals surface area (Å²) in [5, 5.41) is 7.92. The number of hydrogen-bond acceptors (Lipinski definition) is 3. The van der Waals surface area contributed by atoms with Crippen LogP contribution < -0.4 is 0 Å². The van der Waals surface area contributed by atoms with Crippen molar-refractivity contribution in [3.05, 3.63) is 0 Å². The number of hydrogen-bond donors (Lipinski definition) is 0. The van der Waals surface area contributed by atoms with Crippen molar-refractivity contribution in [3.63, 3.8) is 0 Å². The van der Waals surface area contributed by atoms with Gasteiger partial charge in [0.05, 0.1) is 0 Å². The lowest BCUT2D eigenvalue weighted by Crippen LogP contribution is -2.41. The Labute approximate surface area is 103 Å². The van der Waals surface area contributed by atoms with Crippen LogP contribution in [0.15, 0.2) is 10.2 Å². The third kappa shape index (κ3) is 3.27. The summed E-state index contributed by atoms with van der Waals surface area (Å²) in [6.45, 7) is 4.91. The van der Waals surface area contributed by atoms with Crippen molar-refractivity contribution in [3.8, 4) is 0 Å². The summed E-state index contributed by atoms with van der Waals surface area (Å²) in [5.41, 5.74) is -0.234. The van der Waals surface area contributed by atoms with Gasteiger partial charge in [0, 0.05) is 25.4 Å². The summed E-state index contributed by atoms with van der Waals surface area (Å²) in [4.78, 5) is 14.3. The molecule has 0 aromatic rings. The Morgan fingerprint density at radius 3 is 2.47 bits per heavy atom. The van der Waals surface area contributed by atoms with Crippen LogP contribution in [-0.4, -0.2) is 29.1 Å². The molecule has 1 amide bonds. The highest BCUT2D eigenvalue weighted by molar-refractivity contribution is 5.76. The standard InChI is InChI=1S/C13H23N3O/c1-3-16(11-7-5-4-6-8-11)12(17)9-10-13(2)14-15-13/h11H,3-10H2,1-2H3. The van der Waals surface area contributed by atoms with Crippen LogP contribution in [-0.2, 0) is 4.79 Å². The minimum atomic E-state index is -0.234. The second-order valence-electron chi connectivity index (χ2n) is 5.39. The SMILES string of the molecule is CCN(C(=O)CCC1(C)N=N1)C1CCCCC1. The van der Waals surface area contributed by atoms with Crippen molar-refractivity contribution in [1.29, 1.82) is 0 Å². The smallest absolute Gasteiger partial charge is 0.222 e. The van der Waals surface area contributed by atoms with Gasteiger partial charge in [0.2, 0.25) is 5.91 Å². The molecule has 1 aliphatic heterocycles. The number of nitrogens with zero attached hydrogens (tertiary/aromatic N) is 3. The Hall–Kier alpha value is -0.930. The molecule has 0 unspecified atom stereocenters. The Morgan fingerprint density at radius 1 is 1.29 bits per heavy atom. The quantitative estimate of drug-likeness (QED) is 0.724. The minimum Gasteiger partial charge on any atom is -0.340 e. The average molecular weight is 237 g/mol. The normalized spacial score (nSPS) is 22.5. The fourth-order valence-electron chi connectivity index (χ4n) is 2.70. The second kappa shape index (κ2) is 5.15. The fourth-order valence-corrected chi connectivity index (χ4v) is 2.70. The molecule has 0 aromatic heterocycles. The second-order valence-corrected chi connectivity index (χ2v) is 5.39. The largest absolute Gasteiger partial charge is 0.340 e. The summed E-state index contributed by atoms with van der Waals surface area (Å²) in [5.74, 6) is 0.290. The van der Waals surface area contributed by atoms with Gasteiger partial charge in [-0.05, 0) is 26.7 Å². The fraction of sp³-hybridized carbons (Fsp3) is 0.923. The molecule has 1 saturated carbocycles. The van der Waals surface area contributed by atoms with Crippen LogP contribution in [0, 0.1) is 0 Å². The van der Waals surface area contributed by atoms with Crippen LogP contribution >= 0.6 is 0 Å². The maximum Gasteiger partial charge on any atom is 0.222 e. The van der Waals surface area contributed by atoms with E-state index in [-0.39, 0.29) is 11.6 Å². The van der Waals surface area contributed by atoms with Gasteiger partial charge in [0.15, 0.2) is 5.66 Å². The molecule has 0 radical (unpaired) electrons. The van der Waals surface area contributed by atoms with Gasteiger partial charge in [0.1, 0.15) is 0 Å². The van der Waals surface area contributed by atoms with Crippen LogP contribution in [0.5, 0.6) is 0 Å². The van der Waals surface area contributed by atoms with Gasteiger partial charge in [-0.3, -0.25) is 4.79 Å². The molecule has 2 aliphatic rings. The molecule has 1 heterocycles. The molecule has 0 N–H and O–H groups in total. The van der Waals surface area contributed by atoms with E-state index < -0.39 is 0 Å². The van der Waals surface area contributed by atoms with E-state index in [1.807, 2.05) is 6.92 Å². The predicted octanol–water partition coefficient (Wildman–Crippen LogP) is 3.13. The summed E-state index contributed by atoms with van der Waals surface area (Å²) in [6.07, 6.45) is 7.62. The van der Waals surface area contributed by atoms with Crippen molar-refractivity contribution in [2.75, 3.05) is 6.54 Å². The number of carbonyl (C=O) groups excluding carboxylic acids is 1. The predicted molar refractivity (Wildman–Crippen MR) is 66.8 cm³/mol. The maximum absolute atomic E-state index is 12.2. The van der Waals surface area contributed by atoms with Gasteiger partial charge in [-0.2, -0.15) is 10.2 Å². The zero-order valence-electron chi connectivity index (χ0n) is 11.0. The summed E-state index contributed by atoms with van der Waals surface area (Å²) in [6, 6.07) is 0.488. The topological polar surface area (TPSA) is 45.0 Å². The molecule has 0 aromatic carbocycles. The van der Waals surface area contributed by atoms with E-state index in [0.717, 1.165) is 13.0 Å². The van der Waals surface area contributed by atoms with Crippen LogP contribution in [0.2, 0.25) is 0 Å². The van der Waals surface area contributed by atoms with Gasteiger partial charge in [0.25, 0.3) is 0 Å². The molecule has 4 heteroatoms. The molecule has 96 valence electrons. The Balaban J connectivity index is 1.81. The molecule has 4 nitrogen and oxygen atoms in total. The first kappa shape index (κ1) is 12.5. The summed E-state index contributed by atoms with van der Waals surface area (Å²) >= 11 is 0. The van der Waals surface area contributed by atoms with Gasteiger partial charge in [-0.15, -0.1) is 0 Å². The first-order valence-electron chi connectivity index (χ1n) is 6.88. The number of amides is 1. The van der Waals surface area contributed by atoms with Gasteiger partial charge < -0.3 is 4.90 Å². The van der Waals surface area contributed by atoms with Crippen molar-refractivity contribution < 1.29 is 4.79 Å². The number of rotatable bonds is 5. The van der Waals surface area contributed by atoms with E-state index in [9.17, 15) is 4.79 Å². The third-order valence-electron chi connectivity index (χ3n) is 3.93. The molecule has 0 saturated heterocycles.